The smallest absolute Gasteiger partial charge is 0.335 e. The number of carboxylic acid groups (broad SMARTS) is 1. The molecule has 0 unspecified atom stereocenters. The number of benzene rings is 1. The predicted molar refractivity (Wildman–Crippen MR) is 75.0 cm³/mol. The summed E-state index contributed by atoms with van der Waals surface area (Å²) in [5.74, 6) is -1.09. The third kappa shape index (κ3) is 5.61. The molecule has 19 heavy (non-hydrogen) atoms. The number of hydrogen-bond acceptors (Lipinski definition) is 2. The normalized spacial score (nSPS) is 10.0. The topological polar surface area (TPSA) is 78.4 Å². The van der Waals surface area contributed by atoms with E-state index in [0.717, 1.165) is 19.3 Å². The molecule has 0 aliphatic rings. The minimum absolute atomic E-state index is 0.0359. The first-order valence-electron chi connectivity index (χ1n) is 6.11. The third-order valence-corrected chi connectivity index (χ3v) is 2.69. The number of hydrogen-bond donors (Lipinski definition) is 3. The minimum Gasteiger partial charge on any atom is -0.478 e. The zero-order chi connectivity index (χ0) is 14.3. The first-order chi connectivity index (χ1) is 9.02. The number of nitrogens with one attached hydrogen (secondary N) is 2. The Hall–Kier alpha value is -1.75. The van der Waals surface area contributed by atoms with Gasteiger partial charge in [0.05, 0.1) is 5.56 Å². The van der Waals surface area contributed by atoms with Crippen LogP contribution in [0.25, 0.3) is 0 Å². The highest BCUT2D eigenvalue weighted by molar-refractivity contribution is 6.31. The minimum atomic E-state index is -1.09. The van der Waals surface area contributed by atoms with Crippen LogP contribution in [0.5, 0.6) is 0 Å². The lowest BCUT2D eigenvalue weighted by molar-refractivity contribution is 0.0697. The van der Waals surface area contributed by atoms with Crippen molar-refractivity contribution in [2.45, 2.75) is 26.2 Å². The van der Waals surface area contributed by atoms with Crippen molar-refractivity contribution in [1.82, 2.24) is 5.32 Å². The molecule has 0 aliphatic carbocycles. The Balaban J connectivity index is 2.56. The van der Waals surface area contributed by atoms with Gasteiger partial charge < -0.3 is 15.7 Å². The van der Waals surface area contributed by atoms with Gasteiger partial charge in [-0.05, 0) is 24.6 Å². The Labute approximate surface area is 117 Å². The lowest BCUT2D eigenvalue weighted by Crippen LogP contribution is -2.29. The standard InChI is InChI=1S/C13H17ClN2O3/c1-2-3-4-5-15-13(19)16-11-7-9(12(17)18)6-10(14)8-11/h6-8H,2-5H2,1H3,(H,17,18)(H2,15,16,19). The Morgan fingerprint density at radius 2 is 2.00 bits per heavy atom. The fourth-order valence-corrected chi connectivity index (χ4v) is 1.77. The van der Waals surface area contributed by atoms with Crippen LogP contribution in [0.2, 0.25) is 5.02 Å². The van der Waals surface area contributed by atoms with Crippen LogP contribution in [-0.2, 0) is 0 Å². The molecule has 0 aliphatic heterocycles. The van der Waals surface area contributed by atoms with Gasteiger partial charge in [0.15, 0.2) is 0 Å². The maximum absolute atomic E-state index is 11.6. The van der Waals surface area contributed by atoms with Crippen LogP contribution in [-0.4, -0.2) is 23.7 Å². The van der Waals surface area contributed by atoms with Gasteiger partial charge in [-0.2, -0.15) is 0 Å². The largest absolute Gasteiger partial charge is 0.478 e. The molecular formula is C13H17ClN2O3. The van der Waals surface area contributed by atoms with Crippen LogP contribution >= 0.6 is 11.6 Å². The van der Waals surface area contributed by atoms with Crippen molar-refractivity contribution < 1.29 is 14.7 Å². The van der Waals surface area contributed by atoms with Gasteiger partial charge in [-0.25, -0.2) is 9.59 Å². The molecule has 0 bridgehead atoms. The average Bonchev–Trinajstić information content (AvgIpc) is 2.34. The van der Waals surface area contributed by atoms with E-state index >= 15 is 0 Å². The maximum Gasteiger partial charge on any atom is 0.335 e. The zero-order valence-electron chi connectivity index (χ0n) is 10.7. The molecular weight excluding hydrogens is 268 g/mol. The van der Waals surface area contributed by atoms with E-state index in [9.17, 15) is 9.59 Å². The number of unbranched alkanes of at least 4 members (excludes halogenated alkanes) is 2. The summed E-state index contributed by atoms with van der Waals surface area (Å²) >= 11 is 5.79. The number of anilines is 1. The highest BCUT2D eigenvalue weighted by atomic mass is 35.5. The van der Waals surface area contributed by atoms with Crippen LogP contribution in [0.3, 0.4) is 0 Å². The van der Waals surface area contributed by atoms with E-state index in [1.807, 2.05) is 0 Å². The quantitative estimate of drug-likeness (QED) is 0.701. The number of aromatic carboxylic acids is 1. The number of carboxylic acids is 1. The summed E-state index contributed by atoms with van der Waals surface area (Å²) in [5.41, 5.74) is 0.395. The molecule has 0 atom stereocenters. The molecule has 0 radical (unpaired) electrons. The summed E-state index contributed by atoms with van der Waals surface area (Å²) < 4.78 is 0. The van der Waals surface area contributed by atoms with Crippen LogP contribution in [0.1, 0.15) is 36.5 Å². The molecule has 2 amide bonds. The fourth-order valence-electron chi connectivity index (χ4n) is 1.54. The van der Waals surface area contributed by atoms with Crippen molar-refractivity contribution in [3.05, 3.63) is 28.8 Å². The van der Waals surface area contributed by atoms with Gasteiger partial charge in [0.25, 0.3) is 0 Å². The summed E-state index contributed by atoms with van der Waals surface area (Å²) in [6, 6.07) is 3.82. The van der Waals surface area contributed by atoms with Gasteiger partial charge in [0.2, 0.25) is 0 Å². The van der Waals surface area contributed by atoms with Gasteiger partial charge in [-0.1, -0.05) is 31.4 Å². The van der Waals surface area contributed by atoms with E-state index in [2.05, 4.69) is 17.6 Å². The van der Waals surface area contributed by atoms with Crippen LogP contribution in [0.15, 0.2) is 18.2 Å². The lowest BCUT2D eigenvalue weighted by Gasteiger charge is -2.08. The Bertz CT molecular complexity index is 463. The van der Waals surface area contributed by atoms with E-state index in [-0.39, 0.29) is 16.6 Å². The first-order valence-corrected chi connectivity index (χ1v) is 6.49. The summed E-state index contributed by atoms with van der Waals surface area (Å²) in [6.45, 7) is 2.67. The lowest BCUT2D eigenvalue weighted by atomic mass is 10.2. The molecule has 0 fully saturated rings. The number of carbonyl (C=O) groups excluding carboxylic acids is 1. The van der Waals surface area contributed by atoms with Gasteiger partial charge in [-0.15, -0.1) is 0 Å². The second-order valence-corrected chi connectivity index (χ2v) is 4.56. The van der Waals surface area contributed by atoms with Crippen LogP contribution < -0.4 is 10.6 Å². The Morgan fingerprint density at radius 3 is 2.63 bits per heavy atom. The summed E-state index contributed by atoms with van der Waals surface area (Å²) in [6.07, 6.45) is 3.06. The maximum atomic E-state index is 11.6. The summed E-state index contributed by atoms with van der Waals surface area (Å²) in [5, 5.41) is 14.4. The SMILES string of the molecule is CCCCCNC(=O)Nc1cc(Cl)cc(C(=O)O)c1. The molecule has 104 valence electrons. The molecule has 1 rings (SSSR count). The number of urea groups is 1. The molecule has 5 nitrogen and oxygen atoms in total. The molecule has 0 saturated heterocycles. The molecule has 6 heteroatoms. The highest BCUT2D eigenvalue weighted by Gasteiger charge is 2.08. The second-order valence-electron chi connectivity index (χ2n) is 4.12. The number of rotatable bonds is 6. The summed E-state index contributed by atoms with van der Waals surface area (Å²) in [7, 11) is 0. The summed E-state index contributed by atoms with van der Waals surface area (Å²) in [4.78, 5) is 22.4. The highest BCUT2D eigenvalue weighted by Crippen LogP contribution is 2.19. The van der Waals surface area contributed by atoms with Gasteiger partial charge in [-0.3, -0.25) is 0 Å². The molecule has 0 heterocycles. The van der Waals surface area contributed by atoms with Gasteiger partial charge in [0.1, 0.15) is 0 Å². The van der Waals surface area contributed by atoms with Crippen LogP contribution in [0, 0.1) is 0 Å². The second kappa shape index (κ2) is 7.63. The number of halogens is 1. The van der Waals surface area contributed by atoms with E-state index in [0.29, 0.717) is 12.2 Å². The Morgan fingerprint density at radius 1 is 1.26 bits per heavy atom. The van der Waals surface area contributed by atoms with Gasteiger partial charge in [0, 0.05) is 17.3 Å². The average molecular weight is 285 g/mol. The molecule has 3 N–H and O–H groups in total. The monoisotopic (exact) mass is 284 g/mol. The Kier molecular flexibility index (Phi) is 6.15. The van der Waals surface area contributed by atoms with E-state index in [1.165, 1.54) is 18.2 Å². The molecule has 0 spiro atoms. The van der Waals surface area contributed by atoms with Crippen molar-refractivity contribution in [1.29, 1.82) is 0 Å². The van der Waals surface area contributed by atoms with Crippen LogP contribution in [0.4, 0.5) is 10.5 Å². The van der Waals surface area contributed by atoms with Crippen molar-refractivity contribution in [2.24, 2.45) is 0 Å². The molecule has 0 aromatic heterocycles. The number of carbonyl (C=O) groups is 2. The molecule has 1 aromatic rings. The number of amides is 2. The van der Waals surface area contributed by atoms with Crippen molar-refractivity contribution in [3.8, 4) is 0 Å². The zero-order valence-corrected chi connectivity index (χ0v) is 11.5. The first kappa shape index (κ1) is 15.3. The fraction of sp³-hybridized carbons (Fsp3) is 0.385. The third-order valence-electron chi connectivity index (χ3n) is 2.47. The molecule has 0 saturated carbocycles. The van der Waals surface area contributed by atoms with Crippen molar-refractivity contribution in [3.63, 3.8) is 0 Å². The van der Waals surface area contributed by atoms with Gasteiger partial charge >= 0.3 is 12.0 Å². The van der Waals surface area contributed by atoms with E-state index < -0.39 is 5.97 Å². The van der Waals surface area contributed by atoms with Crippen molar-refractivity contribution in [2.75, 3.05) is 11.9 Å². The van der Waals surface area contributed by atoms with Crippen molar-refractivity contribution >= 4 is 29.3 Å². The van der Waals surface area contributed by atoms with E-state index in [4.69, 9.17) is 16.7 Å². The predicted octanol–water partition coefficient (Wildman–Crippen LogP) is 3.35. The van der Waals surface area contributed by atoms with E-state index in [1.54, 1.807) is 0 Å². The molecule has 1 aromatic carbocycles.